The van der Waals surface area contributed by atoms with Crippen LogP contribution in [0.25, 0.3) is 5.65 Å². The van der Waals surface area contributed by atoms with Crippen molar-refractivity contribution in [2.24, 2.45) is 0 Å². The molecule has 0 spiro atoms. The summed E-state index contributed by atoms with van der Waals surface area (Å²) < 4.78 is 8.16. The van der Waals surface area contributed by atoms with Crippen LogP contribution in [0.3, 0.4) is 0 Å². The van der Waals surface area contributed by atoms with Gasteiger partial charge in [-0.2, -0.15) is 4.98 Å². The van der Waals surface area contributed by atoms with E-state index in [1.165, 1.54) is 0 Å². The zero-order valence-electron chi connectivity index (χ0n) is 10.1. The van der Waals surface area contributed by atoms with Gasteiger partial charge < -0.3 is 4.74 Å². The van der Waals surface area contributed by atoms with Crippen LogP contribution in [0.2, 0.25) is 5.02 Å². The minimum absolute atomic E-state index is 0.232. The molecule has 3 rings (SSSR count). The molecular formula is C14H8BrClN2O2. The lowest BCUT2D eigenvalue weighted by molar-refractivity contribution is 0.111. The van der Waals surface area contributed by atoms with E-state index in [0.29, 0.717) is 28.4 Å². The maximum absolute atomic E-state index is 11.3. The van der Waals surface area contributed by atoms with Gasteiger partial charge in [-0.3, -0.25) is 9.20 Å². The number of rotatable bonds is 3. The second-order valence-corrected chi connectivity index (χ2v) is 5.35. The molecule has 0 atom stereocenters. The minimum Gasteiger partial charge on any atom is -0.435 e. The molecule has 1 aromatic carbocycles. The van der Waals surface area contributed by atoms with E-state index in [-0.39, 0.29) is 5.88 Å². The molecule has 6 heteroatoms. The Kier molecular flexibility index (Phi) is 3.46. The summed E-state index contributed by atoms with van der Waals surface area (Å²) in [6.45, 7) is 0. The molecule has 0 N–H and O–H groups in total. The number of benzene rings is 1. The van der Waals surface area contributed by atoms with E-state index in [0.717, 1.165) is 4.47 Å². The minimum atomic E-state index is 0.232. The lowest BCUT2D eigenvalue weighted by Gasteiger charge is -2.05. The van der Waals surface area contributed by atoms with Gasteiger partial charge in [0.25, 0.3) is 0 Å². The molecule has 0 saturated carbocycles. The molecule has 4 nitrogen and oxygen atoms in total. The first-order valence-corrected chi connectivity index (χ1v) is 6.91. The average Bonchev–Trinajstić information content (AvgIpc) is 2.79. The number of halogens is 2. The van der Waals surface area contributed by atoms with Crippen LogP contribution in [-0.4, -0.2) is 15.7 Å². The van der Waals surface area contributed by atoms with E-state index >= 15 is 0 Å². The van der Waals surface area contributed by atoms with Crippen LogP contribution in [0.15, 0.2) is 47.1 Å². The van der Waals surface area contributed by atoms with Crippen molar-refractivity contribution in [3.8, 4) is 11.6 Å². The van der Waals surface area contributed by atoms with Crippen LogP contribution in [-0.2, 0) is 0 Å². The third-order valence-electron chi connectivity index (χ3n) is 2.75. The van der Waals surface area contributed by atoms with Gasteiger partial charge in [-0.1, -0.05) is 33.6 Å². The number of carbonyl (C=O) groups excluding carboxylic acids is 1. The fourth-order valence-corrected chi connectivity index (χ4v) is 2.55. The molecule has 2 aromatic heterocycles. The highest BCUT2D eigenvalue weighted by Gasteiger charge is 2.14. The van der Waals surface area contributed by atoms with Crippen LogP contribution in [0.5, 0.6) is 11.6 Å². The van der Waals surface area contributed by atoms with E-state index in [2.05, 4.69) is 20.9 Å². The molecule has 2 heterocycles. The predicted molar refractivity (Wildman–Crippen MR) is 79.8 cm³/mol. The van der Waals surface area contributed by atoms with Gasteiger partial charge in [0.05, 0.1) is 5.02 Å². The van der Waals surface area contributed by atoms with Crippen molar-refractivity contribution in [2.75, 3.05) is 0 Å². The topological polar surface area (TPSA) is 43.6 Å². The van der Waals surface area contributed by atoms with Gasteiger partial charge in [-0.25, -0.2) is 0 Å². The van der Waals surface area contributed by atoms with Crippen LogP contribution in [0.4, 0.5) is 0 Å². The highest BCUT2D eigenvalue weighted by atomic mass is 79.9. The third kappa shape index (κ3) is 2.30. The molecule has 0 aliphatic heterocycles. The maximum atomic E-state index is 11.3. The average molecular weight is 352 g/mol. The number of aromatic nitrogens is 2. The number of hydrogen-bond donors (Lipinski definition) is 0. The van der Waals surface area contributed by atoms with E-state index in [1.807, 2.05) is 12.1 Å². The summed E-state index contributed by atoms with van der Waals surface area (Å²) in [5.41, 5.74) is 0.984. The molecule has 0 bridgehead atoms. The quantitative estimate of drug-likeness (QED) is 0.659. The lowest BCUT2D eigenvalue weighted by Crippen LogP contribution is -1.93. The summed E-state index contributed by atoms with van der Waals surface area (Å²) >= 11 is 9.42. The van der Waals surface area contributed by atoms with E-state index in [1.54, 1.807) is 34.9 Å². The maximum Gasteiger partial charge on any atom is 0.249 e. The molecule has 0 unspecified atom stereocenters. The van der Waals surface area contributed by atoms with Crippen molar-refractivity contribution in [2.45, 2.75) is 0 Å². The van der Waals surface area contributed by atoms with Gasteiger partial charge in [-0.15, -0.1) is 0 Å². The van der Waals surface area contributed by atoms with Crippen molar-refractivity contribution in [1.82, 2.24) is 9.38 Å². The Morgan fingerprint density at radius 2 is 2.15 bits per heavy atom. The van der Waals surface area contributed by atoms with Gasteiger partial charge in [0.2, 0.25) is 5.88 Å². The van der Waals surface area contributed by atoms with Gasteiger partial charge >= 0.3 is 0 Å². The molecule has 20 heavy (non-hydrogen) atoms. The zero-order chi connectivity index (χ0) is 14.1. The second-order valence-electron chi connectivity index (χ2n) is 4.03. The summed E-state index contributed by atoms with van der Waals surface area (Å²) in [6.07, 6.45) is 2.46. The van der Waals surface area contributed by atoms with Gasteiger partial charge in [0, 0.05) is 10.7 Å². The van der Waals surface area contributed by atoms with Crippen molar-refractivity contribution in [1.29, 1.82) is 0 Å². The molecule has 0 amide bonds. The van der Waals surface area contributed by atoms with Gasteiger partial charge in [0.1, 0.15) is 11.4 Å². The molecule has 0 radical (unpaired) electrons. The first kappa shape index (κ1) is 13.1. The molecule has 0 saturated heterocycles. The van der Waals surface area contributed by atoms with Gasteiger partial charge in [-0.05, 0) is 30.3 Å². The number of fused-ring (bicyclic) bond motifs is 1. The summed E-state index contributed by atoms with van der Waals surface area (Å²) in [5, 5.41) is 0.438. The SMILES string of the molecule is O=Cc1c(Oc2ccc(Br)cc2Cl)nc2ccccn12. The molecule has 0 aliphatic carbocycles. The number of ether oxygens (including phenoxy) is 1. The zero-order valence-corrected chi connectivity index (χ0v) is 12.4. The smallest absolute Gasteiger partial charge is 0.249 e. The normalized spacial score (nSPS) is 10.7. The second kappa shape index (κ2) is 5.26. The van der Waals surface area contributed by atoms with Crippen LogP contribution in [0, 0.1) is 0 Å². The molecule has 100 valence electrons. The largest absolute Gasteiger partial charge is 0.435 e. The first-order valence-electron chi connectivity index (χ1n) is 5.74. The number of hydrogen-bond acceptors (Lipinski definition) is 3. The Bertz CT molecular complexity index is 801. The van der Waals surface area contributed by atoms with Crippen molar-refractivity contribution in [3.05, 3.63) is 57.8 Å². The third-order valence-corrected chi connectivity index (χ3v) is 3.53. The lowest BCUT2D eigenvalue weighted by atomic mass is 10.3. The Balaban J connectivity index is 2.08. The Hall–Kier alpha value is -1.85. The standard InChI is InChI=1S/C14H8BrClN2O2/c15-9-4-5-12(10(16)7-9)20-14-11(8-19)18-6-2-1-3-13(18)17-14/h1-8H. The highest BCUT2D eigenvalue weighted by molar-refractivity contribution is 9.10. The highest BCUT2D eigenvalue weighted by Crippen LogP contribution is 2.32. The van der Waals surface area contributed by atoms with Crippen molar-refractivity contribution < 1.29 is 9.53 Å². The fraction of sp³-hybridized carbons (Fsp3) is 0. The number of imidazole rings is 1. The van der Waals surface area contributed by atoms with Crippen LogP contribution < -0.4 is 4.74 Å². The van der Waals surface area contributed by atoms with Crippen LogP contribution in [0.1, 0.15) is 10.5 Å². The van der Waals surface area contributed by atoms with Crippen molar-refractivity contribution in [3.63, 3.8) is 0 Å². The number of nitrogens with zero attached hydrogens (tertiary/aromatic N) is 2. The summed E-state index contributed by atoms with van der Waals surface area (Å²) in [6, 6.07) is 10.7. The Morgan fingerprint density at radius 1 is 1.30 bits per heavy atom. The number of aldehydes is 1. The number of pyridine rings is 1. The Labute approximate surface area is 128 Å². The molecule has 0 aliphatic rings. The molecular weight excluding hydrogens is 344 g/mol. The molecule has 3 aromatic rings. The fourth-order valence-electron chi connectivity index (χ4n) is 1.84. The summed E-state index contributed by atoms with van der Waals surface area (Å²) in [5.74, 6) is 0.678. The van der Waals surface area contributed by atoms with E-state index in [9.17, 15) is 4.79 Å². The van der Waals surface area contributed by atoms with E-state index in [4.69, 9.17) is 16.3 Å². The van der Waals surface area contributed by atoms with E-state index < -0.39 is 0 Å². The number of carbonyl (C=O) groups is 1. The van der Waals surface area contributed by atoms with Crippen molar-refractivity contribution >= 4 is 39.5 Å². The monoisotopic (exact) mass is 350 g/mol. The summed E-state index contributed by atoms with van der Waals surface area (Å²) in [7, 11) is 0. The predicted octanol–water partition coefficient (Wildman–Crippen LogP) is 4.36. The van der Waals surface area contributed by atoms with Gasteiger partial charge in [0.15, 0.2) is 12.0 Å². The van der Waals surface area contributed by atoms with Crippen LogP contribution >= 0.6 is 27.5 Å². The summed E-state index contributed by atoms with van der Waals surface area (Å²) in [4.78, 5) is 15.5. The first-order chi connectivity index (χ1) is 9.69. The Morgan fingerprint density at radius 3 is 2.90 bits per heavy atom. The molecule has 0 fully saturated rings.